The lowest BCUT2D eigenvalue weighted by molar-refractivity contribution is -0.129. The molecule has 2 N–H and O–H groups in total. The molecular weight excluding hydrogens is 350 g/mol. The molecule has 138 valence electrons. The zero-order chi connectivity index (χ0) is 18.1. The van der Waals surface area contributed by atoms with E-state index in [-0.39, 0.29) is 5.56 Å². The smallest absolute Gasteiger partial charge is 0.252 e. The maximum absolute atomic E-state index is 12.3. The minimum Gasteiger partial charge on any atom is -0.339 e. The second kappa shape index (κ2) is 7.41. The summed E-state index contributed by atoms with van der Waals surface area (Å²) < 4.78 is 0. The molecule has 2 heterocycles. The first-order valence-corrected chi connectivity index (χ1v) is 9.79. The van der Waals surface area contributed by atoms with E-state index in [1.807, 2.05) is 18.2 Å². The molecule has 1 saturated carbocycles. The lowest BCUT2D eigenvalue weighted by atomic mass is 10.1. The third kappa shape index (κ3) is 3.64. The first-order chi connectivity index (χ1) is 12.6. The molecule has 2 aromatic rings. The normalized spacial score (nSPS) is 21.2. The first-order valence-electron chi connectivity index (χ1n) is 9.42. The minimum absolute atomic E-state index is 0.0950. The van der Waals surface area contributed by atoms with E-state index in [1.165, 1.54) is 12.8 Å². The van der Waals surface area contributed by atoms with Gasteiger partial charge in [0.2, 0.25) is 5.91 Å². The Morgan fingerprint density at radius 3 is 2.81 bits per heavy atom. The molecule has 0 spiro atoms. The fourth-order valence-electron chi connectivity index (χ4n) is 4.27. The summed E-state index contributed by atoms with van der Waals surface area (Å²) in [5.41, 5.74) is 1.36. The highest BCUT2D eigenvalue weighted by Gasteiger charge is 2.35. The van der Waals surface area contributed by atoms with Crippen molar-refractivity contribution in [1.82, 2.24) is 15.2 Å². The number of hydrogen-bond donors (Lipinski definition) is 2. The van der Waals surface area contributed by atoms with Crippen molar-refractivity contribution in [3.63, 3.8) is 0 Å². The highest BCUT2D eigenvalue weighted by molar-refractivity contribution is 6.31. The quantitative estimate of drug-likeness (QED) is 0.846. The van der Waals surface area contributed by atoms with E-state index in [2.05, 4.69) is 15.2 Å². The molecule has 26 heavy (non-hydrogen) atoms. The second-order valence-corrected chi connectivity index (χ2v) is 7.98. The third-order valence-corrected chi connectivity index (χ3v) is 5.87. The number of H-pyrrole nitrogens is 1. The van der Waals surface area contributed by atoms with Crippen LogP contribution in [0.1, 0.15) is 37.7 Å². The van der Waals surface area contributed by atoms with Crippen LogP contribution >= 0.6 is 11.6 Å². The molecule has 1 aromatic heterocycles. The Balaban J connectivity index is 1.35. The van der Waals surface area contributed by atoms with Crippen molar-refractivity contribution in [2.24, 2.45) is 5.92 Å². The molecule has 1 atom stereocenters. The molecular formula is C20H24ClN3O2. The standard InChI is InChI=1S/C20H24ClN3O2/c21-16-6-5-14-8-15(20(26)23-18(14)9-16)11-22-10-13-7-19(25)24(12-13)17-3-1-2-4-17/h5-6,8-9,13,17,22H,1-4,7,10-12H2,(H,23,26). The number of aromatic nitrogens is 1. The highest BCUT2D eigenvalue weighted by atomic mass is 35.5. The predicted octanol–water partition coefficient (Wildman–Crippen LogP) is 3.06. The van der Waals surface area contributed by atoms with Crippen LogP contribution < -0.4 is 10.9 Å². The van der Waals surface area contributed by atoms with Gasteiger partial charge in [-0.15, -0.1) is 0 Å². The molecule has 1 saturated heterocycles. The SMILES string of the molecule is O=C1CC(CNCc2cc3ccc(Cl)cc3[nH]c2=O)CN1C1CCCC1. The van der Waals surface area contributed by atoms with E-state index in [0.29, 0.717) is 41.4 Å². The Morgan fingerprint density at radius 2 is 2.00 bits per heavy atom. The molecule has 2 aliphatic rings. The van der Waals surface area contributed by atoms with Crippen molar-refractivity contribution in [1.29, 1.82) is 0 Å². The van der Waals surface area contributed by atoms with Crippen LogP contribution in [0.15, 0.2) is 29.1 Å². The molecule has 1 aliphatic carbocycles. The van der Waals surface area contributed by atoms with Gasteiger partial charge < -0.3 is 15.2 Å². The lowest BCUT2D eigenvalue weighted by Gasteiger charge is -2.24. The number of fused-ring (bicyclic) bond motifs is 1. The molecule has 5 nitrogen and oxygen atoms in total. The van der Waals surface area contributed by atoms with E-state index in [1.54, 1.807) is 6.07 Å². The van der Waals surface area contributed by atoms with Crippen LogP contribution in [0.25, 0.3) is 10.9 Å². The number of likely N-dealkylation sites (tertiary alicyclic amines) is 1. The van der Waals surface area contributed by atoms with Gasteiger partial charge in [0, 0.05) is 48.2 Å². The number of carbonyl (C=O) groups excluding carboxylic acids is 1. The molecule has 1 unspecified atom stereocenters. The van der Waals surface area contributed by atoms with Gasteiger partial charge in [-0.05, 0) is 42.3 Å². The van der Waals surface area contributed by atoms with Gasteiger partial charge in [-0.2, -0.15) is 0 Å². The number of amides is 1. The minimum atomic E-state index is -0.0950. The summed E-state index contributed by atoms with van der Waals surface area (Å²) in [5.74, 6) is 0.630. The summed E-state index contributed by atoms with van der Waals surface area (Å²) in [6.07, 6.45) is 5.42. The van der Waals surface area contributed by atoms with E-state index in [0.717, 1.165) is 36.8 Å². The summed E-state index contributed by atoms with van der Waals surface area (Å²) >= 11 is 5.97. The maximum atomic E-state index is 12.3. The number of nitrogens with one attached hydrogen (secondary N) is 2. The average molecular weight is 374 g/mol. The van der Waals surface area contributed by atoms with Crippen molar-refractivity contribution in [3.05, 3.63) is 45.2 Å². The maximum Gasteiger partial charge on any atom is 0.252 e. The molecule has 1 aromatic carbocycles. The Hall–Kier alpha value is -1.85. The van der Waals surface area contributed by atoms with Gasteiger partial charge in [0.25, 0.3) is 5.56 Å². The van der Waals surface area contributed by atoms with Crippen molar-refractivity contribution in [2.45, 2.75) is 44.7 Å². The van der Waals surface area contributed by atoms with Gasteiger partial charge in [-0.1, -0.05) is 30.5 Å². The van der Waals surface area contributed by atoms with E-state index in [9.17, 15) is 9.59 Å². The zero-order valence-electron chi connectivity index (χ0n) is 14.8. The lowest BCUT2D eigenvalue weighted by Crippen LogP contribution is -2.35. The van der Waals surface area contributed by atoms with E-state index < -0.39 is 0 Å². The molecule has 4 rings (SSSR count). The number of benzene rings is 1. The number of carbonyl (C=O) groups is 1. The number of nitrogens with zero attached hydrogens (tertiary/aromatic N) is 1. The summed E-state index contributed by atoms with van der Waals surface area (Å²) in [5, 5.41) is 4.94. The fourth-order valence-corrected chi connectivity index (χ4v) is 4.45. The first kappa shape index (κ1) is 17.6. The molecule has 2 fully saturated rings. The molecule has 1 aliphatic heterocycles. The van der Waals surface area contributed by atoms with Gasteiger partial charge in [0.15, 0.2) is 0 Å². The zero-order valence-corrected chi connectivity index (χ0v) is 15.5. The van der Waals surface area contributed by atoms with Crippen LogP contribution in [0, 0.1) is 5.92 Å². The largest absolute Gasteiger partial charge is 0.339 e. The fraction of sp³-hybridized carbons (Fsp3) is 0.500. The Labute approximate surface area is 157 Å². The predicted molar refractivity (Wildman–Crippen MR) is 103 cm³/mol. The van der Waals surface area contributed by atoms with Crippen LogP contribution in [0.5, 0.6) is 0 Å². The summed E-state index contributed by atoms with van der Waals surface area (Å²) in [7, 11) is 0. The highest BCUT2D eigenvalue weighted by Crippen LogP contribution is 2.29. The number of rotatable bonds is 5. The number of hydrogen-bond acceptors (Lipinski definition) is 3. The van der Waals surface area contributed by atoms with Gasteiger partial charge in [-0.25, -0.2) is 0 Å². The average Bonchev–Trinajstić information content (AvgIpc) is 3.25. The van der Waals surface area contributed by atoms with Gasteiger partial charge in [0.1, 0.15) is 0 Å². The number of aromatic amines is 1. The van der Waals surface area contributed by atoms with Crippen molar-refractivity contribution < 1.29 is 4.79 Å². The summed E-state index contributed by atoms with van der Waals surface area (Å²) in [4.78, 5) is 29.5. The molecule has 0 radical (unpaired) electrons. The Bertz CT molecular complexity index is 873. The van der Waals surface area contributed by atoms with E-state index >= 15 is 0 Å². The van der Waals surface area contributed by atoms with Crippen molar-refractivity contribution in [3.8, 4) is 0 Å². The van der Waals surface area contributed by atoms with Crippen LogP contribution in [0.3, 0.4) is 0 Å². The van der Waals surface area contributed by atoms with Gasteiger partial charge in [0.05, 0.1) is 0 Å². The van der Waals surface area contributed by atoms with Crippen LogP contribution in [-0.2, 0) is 11.3 Å². The van der Waals surface area contributed by atoms with Crippen LogP contribution in [-0.4, -0.2) is 34.9 Å². The van der Waals surface area contributed by atoms with Crippen molar-refractivity contribution >= 4 is 28.4 Å². The third-order valence-electron chi connectivity index (χ3n) is 5.64. The molecule has 0 bridgehead atoms. The Kier molecular flexibility index (Phi) is 5.00. The number of pyridine rings is 1. The van der Waals surface area contributed by atoms with Crippen LogP contribution in [0.4, 0.5) is 0 Å². The summed E-state index contributed by atoms with van der Waals surface area (Å²) in [6.45, 7) is 2.11. The van der Waals surface area contributed by atoms with E-state index in [4.69, 9.17) is 11.6 Å². The topological polar surface area (TPSA) is 65.2 Å². The molecule has 1 amide bonds. The Morgan fingerprint density at radius 1 is 1.19 bits per heavy atom. The van der Waals surface area contributed by atoms with Gasteiger partial charge >= 0.3 is 0 Å². The summed E-state index contributed by atoms with van der Waals surface area (Å²) in [6, 6.07) is 7.86. The second-order valence-electron chi connectivity index (χ2n) is 7.54. The van der Waals surface area contributed by atoms with Crippen LogP contribution in [0.2, 0.25) is 5.02 Å². The number of halogens is 1. The van der Waals surface area contributed by atoms with Gasteiger partial charge in [-0.3, -0.25) is 9.59 Å². The van der Waals surface area contributed by atoms with Crippen molar-refractivity contribution in [2.75, 3.05) is 13.1 Å². The molecule has 6 heteroatoms. The monoisotopic (exact) mass is 373 g/mol.